The number of hydrogen-bond acceptors (Lipinski definition) is 4. The molecule has 7 heteroatoms. The van der Waals surface area contributed by atoms with Crippen molar-refractivity contribution in [1.82, 2.24) is 14.6 Å². The van der Waals surface area contributed by atoms with Gasteiger partial charge in [0.25, 0.3) is 0 Å². The standard InChI is InChI=1S/C26H29N3O3S/c1-19(22-11-7-4-8-12-22)26(30)29-14-13-24-23(17-29)15-27-20(2)25(24)16-28-33(31,32)18-21-9-5-3-6-10-21/h3-12,15,19,28H,13-14,16-18H2,1-2H3/t19-/m0/s1. The van der Waals surface area contributed by atoms with Crippen LogP contribution in [0.5, 0.6) is 0 Å². The lowest BCUT2D eigenvalue weighted by molar-refractivity contribution is -0.133. The lowest BCUT2D eigenvalue weighted by Gasteiger charge is -2.32. The molecule has 1 aliphatic rings. The average Bonchev–Trinajstić information content (AvgIpc) is 2.83. The SMILES string of the molecule is Cc1ncc2c(c1CNS(=O)(=O)Cc1ccccc1)CCN(C(=O)[C@@H](C)c1ccccc1)C2. The van der Waals surface area contributed by atoms with Crippen molar-refractivity contribution in [2.75, 3.05) is 6.54 Å². The molecule has 1 N–H and O–H groups in total. The Morgan fingerprint density at radius 3 is 2.45 bits per heavy atom. The van der Waals surface area contributed by atoms with E-state index in [1.165, 1.54) is 0 Å². The fraction of sp³-hybridized carbons (Fsp3) is 0.308. The number of aromatic nitrogens is 1. The molecule has 0 bridgehead atoms. The molecule has 0 aliphatic carbocycles. The smallest absolute Gasteiger partial charge is 0.230 e. The number of hydrogen-bond donors (Lipinski definition) is 1. The fourth-order valence-corrected chi connectivity index (χ4v) is 5.43. The zero-order valence-corrected chi connectivity index (χ0v) is 19.8. The monoisotopic (exact) mass is 463 g/mol. The first-order valence-corrected chi connectivity index (χ1v) is 12.8. The van der Waals surface area contributed by atoms with Gasteiger partial charge in [-0.15, -0.1) is 0 Å². The molecule has 1 atom stereocenters. The van der Waals surface area contributed by atoms with E-state index in [0.717, 1.165) is 33.5 Å². The molecule has 1 aromatic heterocycles. The maximum absolute atomic E-state index is 13.1. The van der Waals surface area contributed by atoms with Gasteiger partial charge in [0.1, 0.15) is 0 Å². The van der Waals surface area contributed by atoms with Gasteiger partial charge in [-0.25, -0.2) is 13.1 Å². The van der Waals surface area contributed by atoms with Crippen LogP contribution in [0.4, 0.5) is 0 Å². The molecule has 0 fully saturated rings. The van der Waals surface area contributed by atoms with Crippen LogP contribution in [-0.4, -0.2) is 30.8 Å². The Balaban J connectivity index is 1.47. The Morgan fingerprint density at radius 1 is 1.09 bits per heavy atom. The summed E-state index contributed by atoms with van der Waals surface area (Å²) in [7, 11) is -3.48. The molecular formula is C26H29N3O3S. The van der Waals surface area contributed by atoms with Gasteiger partial charge >= 0.3 is 0 Å². The minimum Gasteiger partial charge on any atom is -0.337 e. The second-order valence-electron chi connectivity index (χ2n) is 8.53. The number of rotatable bonds is 7. The lowest BCUT2D eigenvalue weighted by atomic mass is 9.93. The normalized spacial score (nSPS) is 14.5. The third kappa shape index (κ3) is 5.49. The second kappa shape index (κ2) is 9.85. The van der Waals surface area contributed by atoms with E-state index in [9.17, 15) is 13.2 Å². The van der Waals surface area contributed by atoms with E-state index in [2.05, 4.69) is 9.71 Å². The highest BCUT2D eigenvalue weighted by molar-refractivity contribution is 7.88. The largest absolute Gasteiger partial charge is 0.337 e. The number of pyridine rings is 1. The molecule has 0 saturated carbocycles. The lowest BCUT2D eigenvalue weighted by Crippen LogP contribution is -2.39. The summed E-state index contributed by atoms with van der Waals surface area (Å²) >= 11 is 0. The number of aryl methyl sites for hydroxylation is 1. The van der Waals surface area contributed by atoms with Crippen molar-refractivity contribution in [3.05, 3.63) is 100 Å². The molecular weight excluding hydrogens is 434 g/mol. The first kappa shape index (κ1) is 23.1. The predicted octanol–water partition coefficient (Wildman–Crippen LogP) is 3.70. The van der Waals surface area contributed by atoms with Crippen molar-refractivity contribution in [3.8, 4) is 0 Å². The summed E-state index contributed by atoms with van der Waals surface area (Å²) in [4.78, 5) is 19.5. The number of carbonyl (C=O) groups excluding carboxylic acids is 1. The Bertz CT molecular complexity index is 1230. The third-order valence-electron chi connectivity index (χ3n) is 6.25. The van der Waals surface area contributed by atoms with Crippen LogP contribution in [0.1, 0.15) is 46.4 Å². The molecule has 4 rings (SSSR count). The van der Waals surface area contributed by atoms with Crippen LogP contribution < -0.4 is 4.72 Å². The van der Waals surface area contributed by atoms with E-state index in [-0.39, 0.29) is 24.1 Å². The quantitative estimate of drug-likeness (QED) is 0.580. The zero-order chi connectivity index (χ0) is 23.4. The molecule has 2 aromatic carbocycles. The van der Waals surface area contributed by atoms with Crippen molar-refractivity contribution in [1.29, 1.82) is 0 Å². The van der Waals surface area contributed by atoms with Crippen LogP contribution in [-0.2, 0) is 40.1 Å². The predicted molar refractivity (Wildman–Crippen MR) is 129 cm³/mol. The summed E-state index contributed by atoms with van der Waals surface area (Å²) < 4.78 is 28.0. The van der Waals surface area contributed by atoms with Crippen molar-refractivity contribution < 1.29 is 13.2 Å². The summed E-state index contributed by atoms with van der Waals surface area (Å²) in [6.45, 7) is 5.13. The summed E-state index contributed by atoms with van der Waals surface area (Å²) in [5.74, 6) is -0.178. The molecule has 0 spiro atoms. The van der Waals surface area contributed by atoms with E-state index < -0.39 is 10.0 Å². The fourth-order valence-electron chi connectivity index (χ4n) is 4.33. The number of amides is 1. The van der Waals surface area contributed by atoms with E-state index in [4.69, 9.17) is 0 Å². The van der Waals surface area contributed by atoms with Gasteiger partial charge in [0.2, 0.25) is 15.9 Å². The number of nitrogens with zero attached hydrogens (tertiary/aromatic N) is 2. The van der Waals surface area contributed by atoms with Gasteiger partial charge < -0.3 is 4.90 Å². The Labute approximate surface area is 195 Å². The first-order chi connectivity index (χ1) is 15.8. The first-order valence-electron chi connectivity index (χ1n) is 11.2. The van der Waals surface area contributed by atoms with E-state index in [1.54, 1.807) is 12.1 Å². The van der Waals surface area contributed by atoms with Gasteiger partial charge in [-0.2, -0.15) is 0 Å². The summed E-state index contributed by atoms with van der Waals surface area (Å²) in [6, 6.07) is 18.9. The number of carbonyl (C=O) groups is 1. The number of fused-ring (bicyclic) bond motifs is 1. The van der Waals surface area contributed by atoms with Crippen LogP contribution in [0.25, 0.3) is 0 Å². The Hall–Kier alpha value is -3.03. The second-order valence-corrected chi connectivity index (χ2v) is 10.3. The molecule has 33 heavy (non-hydrogen) atoms. The van der Waals surface area contributed by atoms with Gasteiger partial charge in [0.05, 0.1) is 11.7 Å². The molecule has 2 heterocycles. The molecule has 172 valence electrons. The highest BCUT2D eigenvalue weighted by Crippen LogP contribution is 2.27. The Morgan fingerprint density at radius 2 is 1.76 bits per heavy atom. The molecule has 0 saturated heterocycles. The molecule has 0 unspecified atom stereocenters. The summed E-state index contributed by atoms with van der Waals surface area (Å²) in [6.07, 6.45) is 2.50. The number of nitrogens with one attached hydrogen (secondary N) is 1. The zero-order valence-electron chi connectivity index (χ0n) is 19.0. The van der Waals surface area contributed by atoms with Crippen molar-refractivity contribution >= 4 is 15.9 Å². The topological polar surface area (TPSA) is 79.4 Å². The van der Waals surface area contributed by atoms with E-state index in [1.807, 2.05) is 73.5 Å². The summed E-state index contributed by atoms with van der Waals surface area (Å²) in [5.41, 5.74) is 5.56. The third-order valence-corrected chi connectivity index (χ3v) is 7.54. The van der Waals surface area contributed by atoms with Gasteiger partial charge in [-0.3, -0.25) is 9.78 Å². The van der Waals surface area contributed by atoms with Gasteiger partial charge in [-0.05, 0) is 48.1 Å². The molecule has 1 aliphatic heterocycles. The van der Waals surface area contributed by atoms with Crippen molar-refractivity contribution in [2.24, 2.45) is 0 Å². The average molecular weight is 464 g/mol. The highest BCUT2D eigenvalue weighted by atomic mass is 32.2. The van der Waals surface area contributed by atoms with Gasteiger partial charge in [0, 0.05) is 31.5 Å². The molecule has 1 amide bonds. The minimum absolute atomic E-state index is 0.0605. The maximum Gasteiger partial charge on any atom is 0.230 e. The van der Waals surface area contributed by atoms with Crippen molar-refractivity contribution in [2.45, 2.75) is 45.0 Å². The number of benzene rings is 2. The van der Waals surface area contributed by atoms with Crippen LogP contribution in [0.2, 0.25) is 0 Å². The summed E-state index contributed by atoms with van der Waals surface area (Å²) in [5, 5.41) is 0. The highest BCUT2D eigenvalue weighted by Gasteiger charge is 2.27. The van der Waals surface area contributed by atoms with E-state index >= 15 is 0 Å². The minimum atomic E-state index is -3.48. The molecule has 3 aromatic rings. The van der Waals surface area contributed by atoms with Crippen LogP contribution >= 0.6 is 0 Å². The van der Waals surface area contributed by atoms with Crippen molar-refractivity contribution in [3.63, 3.8) is 0 Å². The van der Waals surface area contributed by atoms with Crippen LogP contribution in [0, 0.1) is 6.92 Å². The van der Waals surface area contributed by atoms with E-state index in [0.29, 0.717) is 19.5 Å². The van der Waals surface area contributed by atoms with Gasteiger partial charge in [0.15, 0.2) is 0 Å². The maximum atomic E-state index is 13.1. The Kier molecular flexibility index (Phi) is 6.91. The molecule has 6 nitrogen and oxygen atoms in total. The van der Waals surface area contributed by atoms with Crippen LogP contribution in [0.3, 0.4) is 0 Å². The van der Waals surface area contributed by atoms with Crippen LogP contribution in [0.15, 0.2) is 66.9 Å². The molecule has 0 radical (unpaired) electrons. The number of sulfonamides is 1. The van der Waals surface area contributed by atoms with Gasteiger partial charge in [-0.1, -0.05) is 60.7 Å².